The molecular weight excluding hydrogens is 180 g/mol. The molecule has 1 unspecified atom stereocenters. The average Bonchev–Trinajstić information content (AvgIpc) is 2.78. The highest BCUT2D eigenvalue weighted by molar-refractivity contribution is 7.11. The molecule has 2 aliphatic carbocycles. The predicted molar refractivity (Wildman–Crippen MR) is 54.2 cm³/mol. The summed E-state index contributed by atoms with van der Waals surface area (Å²) in [7, 11) is 2.04. The van der Waals surface area contributed by atoms with Crippen LogP contribution in [0.5, 0.6) is 0 Å². The van der Waals surface area contributed by atoms with Crippen LogP contribution in [0.3, 0.4) is 0 Å². The molecule has 0 amide bonds. The van der Waals surface area contributed by atoms with Gasteiger partial charge in [0.15, 0.2) is 0 Å². The van der Waals surface area contributed by atoms with Crippen molar-refractivity contribution in [3.8, 4) is 0 Å². The minimum atomic E-state index is 0.541. The zero-order valence-electron chi connectivity index (χ0n) is 7.84. The van der Waals surface area contributed by atoms with E-state index < -0.39 is 0 Å². The van der Waals surface area contributed by atoms with Gasteiger partial charge in [-0.25, -0.2) is 4.98 Å². The van der Waals surface area contributed by atoms with Crippen LogP contribution in [-0.4, -0.2) is 12.0 Å². The molecule has 3 rings (SSSR count). The standard InChI is InChI=1S/C10H14N2S/c1-11-7-4-5-8-9(7)12-10(13-8)6-2-3-6/h6-7,11H,2-5H2,1H3. The molecule has 1 heterocycles. The van der Waals surface area contributed by atoms with Gasteiger partial charge in [-0.15, -0.1) is 11.3 Å². The fraction of sp³-hybridized carbons (Fsp3) is 0.700. The SMILES string of the molecule is CNC1CCc2sc(C3CC3)nc21. The Labute approximate surface area is 82.4 Å². The summed E-state index contributed by atoms with van der Waals surface area (Å²) < 4.78 is 0. The Morgan fingerprint density at radius 3 is 2.92 bits per heavy atom. The van der Waals surface area contributed by atoms with Crippen LogP contribution < -0.4 is 5.32 Å². The third kappa shape index (κ3) is 1.22. The summed E-state index contributed by atoms with van der Waals surface area (Å²) in [6, 6.07) is 0.541. The first-order valence-electron chi connectivity index (χ1n) is 5.05. The quantitative estimate of drug-likeness (QED) is 0.781. The number of rotatable bonds is 2. The Hall–Kier alpha value is -0.410. The van der Waals surface area contributed by atoms with Gasteiger partial charge in [-0.1, -0.05) is 0 Å². The van der Waals surface area contributed by atoms with Gasteiger partial charge in [0.05, 0.1) is 16.7 Å². The number of fused-ring (bicyclic) bond motifs is 1. The number of hydrogen-bond acceptors (Lipinski definition) is 3. The number of nitrogens with one attached hydrogen (secondary N) is 1. The topological polar surface area (TPSA) is 24.9 Å². The van der Waals surface area contributed by atoms with Crippen molar-refractivity contribution >= 4 is 11.3 Å². The van der Waals surface area contributed by atoms with Gasteiger partial charge in [0, 0.05) is 10.8 Å². The number of nitrogens with zero attached hydrogens (tertiary/aromatic N) is 1. The summed E-state index contributed by atoms with van der Waals surface area (Å²) in [6.45, 7) is 0. The van der Waals surface area contributed by atoms with Crippen LogP contribution in [0.15, 0.2) is 0 Å². The van der Waals surface area contributed by atoms with Crippen LogP contribution in [0, 0.1) is 0 Å². The van der Waals surface area contributed by atoms with Gasteiger partial charge < -0.3 is 5.32 Å². The second-order valence-electron chi connectivity index (χ2n) is 4.01. The normalized spacial score (nSPS) is 26.4. The second-order valence-corrected chi connectivity index (χ2v) is 5.13. The molecule has 3 heteroatoms. The van der Waals surface area contributed by atoms with Crippen molar-refractivity contribution in [3.05, 3.63) is 15.6 Å². The first-order valence-corrected chi connectivity index (χ1v) is 5.87. The lowest BCUT2D eigenvalue weighted by atomic mass is 10.2. The van der Waals surface area contributed by atoms with Crippen molar-refractivity contribution in [2.45, 2.75) is 37.6 Å². The van der Waals surface area contributed by atoms with Gasteiger partial charge in [-0.3, -0.25) is 0 Å². The molecule has 1 aromatic heterocycles. The maximum absolute atomic E-state index is 4.76. The highest BCUT2D eigenvalue weighted by Gasteiger charge is 2.32. The minimum Gasteiger partial charge on any atom is -0.312 e. The summed E-state index contributed by atoms with van der Waals surface area (Å²) >= 11 is 1.96. The zero-order valence-corrected chi connectivity index (χ0v) is 8.66. The lowest BCUT2D eigenvalue weighted by molar-refractivity contribution is 0.577. The molecule has 0 radical (unpaired) electrons. The van der Waals surface area contributed by atoms with Crippen molar-refractivity contribution in [2.24, 2.45) is 0 Å². The van der Waals surface area contributed by atoms with Gasteiger partial charge in [-0.2, -0.15) is 0 Å². The molecule has 1 atom stereocenters. The molecule has 13 heavy (non-hydrogen) atoms. The number of hydrogen-bond donors (Lipinski definition) is 1. The maximum Gasteiger partial charge on any atom is 0.0962 e. The fourth-order valence-corrected chi connectivity index (χ4v) is 3.34. The molecule has 0 aromatic carbocycles. The van der Waals surface area contributed by atoms with Crippen LogP contribution >= 0.6 is 11.3 Å². The van der Waals surface area contributed by atoms with E-state index in [1.807, 2.05) is 18.4 Å². The molecule has 0 saturated heterocycles. The van der Waals surface area contributed by atoms with Gasteiger partial charge in [0.1, 0.15) is 0 Å². The van der Waals surface area contributed by atoms with E-state index in [0.29, 0.717) is 6.04 Å². The van der Waals surface area contributed by atoms with E-state index in [2.05, 4.69) is 5.32 Å². The first-order chi connectivity index (χ1) is 6.38. The monoisotopic (exact) mass is 194 g/mol. The Kier molecular flexibility index (Phi) is 1.70. The van der Waals surface area contributed by atoms with E-state index in [9.17, 15) is 0 Å². The summed E-state index contributed by atoms with van der Waals surface area (Å²) in [5.41, 5.74) is 1.36. The van der Waals surface area contributed by atoms with Gasteiger partial charge in [0.25, 0.3) is 0 Å². The fourth-order valence-electron chi connectivity index (χ4n) is 2.03. The van der Waals surface area contributed by atoms with Crippen molar-refractivity contribution in [1.82, 2.24) is 10.3 Å². The molecule has 1 saturated carbocycles. The molecular formula is C10H14N2S. The van der Waals surface area contributed by atoms with Crippen LogP contribution in [0.4, 0.5) is 0 Å². The van der Waals surface area contributed by atoms with E-state index in [1.54, 1.807) is 4.88 Å². The van der Waals surface area contributed by atoms with Gasteiger partial charge in [0.2, 0.25) is 0 Å². The summed E-state index contributed by atoms with van der Waals surface area (Å²) in [4.78, 5) is 6.30. The Morgan fingerprint density at radius 1 is 1.38 bits per heavy atom. The molecule has 2 nitrogen and oxygen atoms in total. The van der Waals surface area contributed by atoms with Crippen molar-refractivity contribution in [2.75, 3.05) is 7.05 Å². The van der Waals surface area contributed by atoms with Crippen LogP contribution in [0.25, 0.3) is 0 Å². The highest BCUT2D eigenvalue weighted by atomic mass is 32.1. The van der Waals surface area contributed by atoms with Crippen LogP contribution in [-0.2, 0) is 6.42 Å². The van der Waals surface area contributed by atoms with Crippen molar-refractivity contribution < 1.29 is 0 Å². The number of thiazole rings is 1. The van der Waals surface area contributed by atoms with Crippen molar-refractivity contribution in [3.63, 3.8) is 0 Å². The lowest BCUT2D eigenvalue weighted by Crippen LogP contribution is -2.13. The molecule has 0 bridgehead atoms. The molecule has 1 N–H and O–H groups in total. The molecule has 0 spiro atoms. The van der Waals surface area contributed by atoms with E-state index in [1.165, 1.54) is 36.4 Å². The number of aromatic nitrogens is 1. The molecule has 1 fully saturated rings. The highest BCUT2D eigenvalue weighted by Crippen LogP contribution is 2.45. The summed E-state index contributed by atoms with van der Waals surface area (Å²) in [5, 5.41) is 4.74. The van der Waals surface area contributed by atoms with Gasteiger partial charge >= 0.3 is 0 Å². The maximum atomic E-state index is 4.76. The van der Waals surface area contributed by atoms with Crippen molar-refractivity contribution in [1.29, 1.82) is 0 Å². The molecule has 0 aliphatic heterocycles. The largest absolute Gasteiger partial charge is 0.312 e. The average molecular weight is 194 g/mol. The third-order valence-electron chi connectivity index (χ3n) is 3.01. The zero-order chi connectivity index (χ0) is 8.84. The lowest BCUT2D eigenvalue weighted by Gasteiger charge is -2.05. The Balaban J connectivity index is 1.95. The summed E-state index contributed by atoms with van der Waals surface area (Å²) in [5.74, 6) is 0.827. The van der Waals surface area contributed by atoms with Gasteiger partial charge in [-0.05, 0) is 32.7 Å². The van der Waals surface area contributed by atoms with E-state index in [0.717, 1.165) is 5.92 Å². The molecule has 1 aromatic rings. The summed E-state index contributed by atoms with van der Waals surface area (Å²) in [6.07, 6.45) is 5.23. The Bertz CT molecular complexity index is 328. The second kappa shape index (κ2) is 2.79. The first kappa shape index (κ1) is 7.94. The smallest absolute Gasteiger partial charge is 0.0962 e. The third-order valence-corrected chi connectivity index (χ3v) is 4.30. The number of aryl methyl sites for hydroxylation is 1. The Morgan fingerprint density at radius 2 is 2.23 bits per heavy atom. The van der Waals surface area contributed by atoms with E-state index >= 15 is 0 Å². The van der Waals surface area contributed by atoms with Crippen LogP contribution in [0.2, 0.25) is 0 Å². The van der Waals surface area contributed by atoms with Crippen LogP contribution in [0.1, 0.15) is 46.8 Å². The minimum absolute atomic E-state index is 0.541. The molecule has 70 valence electrons. The van der Waals surface area contributed by atoms with E-state index in [4.69, 9.17) is 4.98 Å². The molecule has 2 aliphatic rings. The van der Waals surface area contributed by atoms with E-state index in [-0.39, 0.29) is 0 Å². The predicted octanol–water partition coefficient (Wildman–Crippen LogP) is 2.23.